The predicted molar refractivity (Wildman–Crippen MR) is 68.0 cm³/mol. The molecule has 5 heteroatoms. The van der Waals surface area contributed by atoms with Gasteiger partial charge < -0.3 is 15.8 Å². The molecule has 5 nitrogen and oxygen atoms in total. The van der Waals surface area contributed by atoms with Crippen molar-refractivity contribution in [2.24, 2.45) is 0 Å². The zero-order valence-corrected chi connectivity index (χ0v) is 10.5. The van der Waals surface area contributed by atoms with E-state index in [4.69, 9.17) is 5.73 Å². The van der Waals surface area contributed by atoms with Crippen LogP contribution in [0.1, 0.15) is 37.2 Å². The molecule has 1 heterocycles. The maximum atomic E-state index is 11.3. The first-order valence-electron chi connectivity index (χ1n) is 5.73. The number of esters is 1. The molecule has 0 radical (unpaired) electrons. The number of carbonyl (C=O) groups is 1. The minimum Gasteiger partial charge on any atom is -0.464 e. The van der Waals surface area contributed by atoms with Crippen molar-refractivity contribution in [1.82, 2.24) is 4.98 Å². The summed E-state index contributed by atoms with van der Waals surface area (Å²) >= 11 is 0. The van der Waals surface area contributed by atoms with Crippen molar-refractivity contribution in [2.45, 2.75) is 32.7 Å². The van der Waals surface area contributed by atoms with E-state index < -0.39 is 5.97 Å². The lowest BCUT2D eigenvalue weighted by molar-refractivity contribution is 0.0594. The molecule has 0 saturated carbocycles. The third-order valence-corrected chi connectivity index (χ3v) is 2.65. The summed E-state index contributed by atoms with van der Waals surface area (Å²) in [5.74, 6) is 0.0826. The van der Waals surface area contributed by atoms with Crippen LogP contribution in [0.4, 0.5) is 11.5 Å². The quantitative estimate of drug-likeness (QED) is 0.766. The van der Waals surface area contributed by atoms with Crippen LogP contribution in [0.3, 0.4) is 0 Å². The van der Waals surface area contributed by atoms with Crippen molar-refractivity contribution < 1.29 is 9.53 Å². The van der Waals surface area contributed by atoms with Crippen molar-refractivity contribution in [3.05, 3.63) is 17.8 Å². The van der Waals surface area contributed by atoms with E-state index in [1.807, 2.05) is 0 Å². The highest BCUT2D eigenvalue weighted by Gasteiger charge is 2.12. The minimum atomic E-state index is -0.461. The molecule has 0 unspecified atom stereocenters. The van der Waals surface area contributed by atoms with E-state index in [0.29, 0.717) is 17.5 Å². The van der Waals surface area contributed by atoms with Crippen molar-refractivity contribution >= 4 is 17.5 Å². The van der Waals surface area contributed by atoms with Crippen LogP contribution >= 0.6 is 0 Å². The number of rotatable bonds is 5. The largest absolute Gasteiger partial charge is 0.464 e. The number of nitrogens with one attached hydrogen (secondary N) is 1. The number of aromatic nitrogens is 1. The van der Waals surface area contributed by atoms with E-state index >= 15 is 0 Å². The van der Waals surface area contributed by atoms with Crippen LogP contribution in [-0.2, 0) is 4.74 Å². The fraction of sp³-hybridized carbons (Fsp3) is 0.500. The first-order chi connectivity index (χ1) is 8.12. The highest BCUT2D eigenvalue weighted by Crippen LogP contribution is 2.18. The molecule has 0 saturated heterocycles. The monoisotopic (exact) mass is 237 g/mol. The molecule has 0 bridgehead atoms. The van der Waals surface area contributed by atoms with Gasteiger partial charge in [0.2, 0.25) is 0 Å². The first-order valence-corrected chi connectivity index (χ1v) is 5.73. The number of ether oxygens (including phenoxy) is 1. The van der Waals surface area contributed by atoms with Crippen molar-refractivity contribution in [3.8, 4) is 0 Å². The van der Waals surface area contributed by atoms with Gasteiger partial charge in [-0.15, -0.1) is 0 Å². The molecular weight excluding hydrogens is 218 g/mol. The summed E-state index contributed by atoms with van der Waals surface area (Å²) in [6.07, 6.45) is 1.94. The van der Waals surface area contributed by atoms with Crippen LogP contribution in [-0.4, -0.2) is 24.1 Å². The Morgan fingerprint density at radius 3 is 2.65 bits per heavy atom. The van der Waals surface area contributed by atoms with Crippen LogP contribution in [0, 0.1) is 0 Å². The summed E-state index contributed by atoms with van der Waals surface area (Å²) in [6.45, 7) is 4.17. The first kappa shape index (κ1) is 13.3. The topological polar surface area (TPSA) is 77.2 Å². The van der Waals surface area contributed by atoms with Crippen LogP contribution in [0.15, 0.2) is 12.1 Å². The van der Waals surface area contributed by atoms with Gasteiger partial charge in [-0.05, 0) is 25.0 Å². The van der Waals surface area contributed by atoms with E-state index in [2.05, 4.69) is 28.9 Å². The van der Waals surface area contributed by atoms with Crippen molar-refractivity contribution in [1.29, 1.82) is 0 Å². The summed E-state index contributed by atoms with van der Waals surface area (Å²) < 4.78 is 4.62. The van der Waals surface area contributed by atoms with Crippen molar-refractivity contribution in [3.63, 3.8) is 0 Å². The van der Waals surface area contributed by atoms with Crippen LogP contribution in [0.5, 0.6) is 0 Å². The Kier molecular flexibility index (Phi) is 4.75. The fourth-order valence-corrected chi connectivity index (χ4v) is 1.49. The Bertz CT molecular complexity index is 389. The van der Waals surface area contributed by atoms with Gasteiger partial charge in [0.1, 0.15) is 5.82 Å². The van der Waals surface area contributed by atoms with Gasteiger partial charge in [0.05, 0.1) is 12.8 Å². The highest BCUT2D eigenvalue weighted by atomic mass is 16.5. The number of nitrogen functional groups attached to an aromatic ring is 1. The smallest absolute Gasteiger partial charge is 0.356 e. The number of anilines is 2. The van der Waals surface area contributed by atoms with Crippen molar-refractivity contribution in [2.75, 3.05) is 18.2 Å². The van der Waals surface area contributed by atoms with E-state index in [1.165, 1.54) is 7.11 Å². The summed E-state index contributed by atoms with van der Waals surface area (Å²) in [4.78, 5) is 15.5. The maximum Gasteiger partial charge on any atom is 0.356 e. The number of pyridine rings is 1. The Morgan fingerprint density at radius 2 is 2.12 bits per heavy atom. The fourth-order valence-electron chi connectivity index (χ4n) is 1.49. The molecular formula is C12H19N3O2. The zero-order valence-electron chi connectivity index (χ0n) is 10.5. The molecule has 1 aromatic rings. The molecule has 17 heavy (non-hydrogen) atoms. The van der Waals surface area contributed by atoms with Gasteiger partial charge in [0, 0.05) is 6.04 Å². The van der Waals surface area contributed by atoms with E-state index in [-0.39, 0.29) is 5.69 Å². The Balaban J connectivity index is 2.94. The number of carbonyl (C=O) groups excluding carboxylic acids is 1. The summed E-state index contributed by atoms with van der Waals surface area (Å²) in [5.41, 5.74) is 6.60. The van der Waals surface area contributed by atoms with E-state index in [0.717, 1.165) is 12.8 Å². The van der Waals surface area contributed by atoms with Crippen LogP contribution < -0.4 is 11.1 Å². The molecule has 0 atom stereocenters. The molecule has 0 aliphatic carbocycles. The van der Waals surface area contributed by atoms with Gasteiger partial charge in [0.25, 0.3) is 0 Å². The second-order valence-electron chi connectivity index (χ2n) is 3.78. The molecule has 1 rings (SSSR count). The van der Waals surface area contributed by atoms with Gasteiger partial charge in [-0.2, -0.15) is 0 Å². The molecule has 1 aromatic heterocycles. The molecule has 0 fully saturated rings. The number of hydrogen-bond donors (Lipinski definition) is 2. The Hall–Kier alpha value is -1.78. The lowest BCUT2D eigenvalue weighted by atomic mass is 10.1. The second kappa shape index (κ2) is 6.08. The summed E-state index contributed by atoms with van der Waals surface area (Å²) in [6, 6.07) is 3.51. The Labute approximate surface area is 101 Å². The normalized spacial score (nSPS) is 10.4. The average Bonchev–Trinajstić information content (AvgIpc) is 2.36. The predicted octanol–water partition coefficient (Wildman–Crippen LogP) is 2.05. The molecule has 0 aliphatic rings. The zero-order chi connectivity index (χ0) is 12.8. The van der Waals surface area contributed by atoms with Crippen LogP contribution in [0.2, 0.25) is 0 Å². The van der Waals surface area contributed by atoms with Crippen LogP contribution in [0.25, 0.3) is 0 Å². The molecule has 0 amide bonds. The lowest BCUT2D eigenvalue weighted by Crippen LogP contribution is -2.20. The third kappa shape index (κ3) is 3.34. The third-order valence-electron chi connectivity index (χ3n) is 2.65. The average molecular weight is 237 g/mol. The molecule has 0 spiro atoms. The molecule has 0 aromatic carbocycles. The summed E-state index contributed by atoms with van der Waals surface area (Å²) in [5, 5.41) is 3.22. The second-order valence-corrected chi connectivity index (χ2v) is 3.78. The number of methoxy groups -OCH3 is 1. The number of nitrogens with two attached hydrogens (primary N) is 1. The van der Waals surface area contributed by atoms with Gasteiger partial charge in [-0.1, -0.05) is 13.8 Å². The maximum absolute atomic E-state index is 11.3. The molecule has 3 N–H and O–H groups in total. The molecule has 0 aliphatic heterocycles. The van der Waals surface area contributed by atoms with Gasteiger partial charge in [-0.3, -0.25) is 0 Å². The van der Waals surface area contributed by atoms with E-state index in [1.54, 1.807) is 12.1 Å². The number of hydrogen-bond acceptors (Lipinski definition) is 5. The van der Waals surface area contributed by atoms with E-state index in [9.17, 15) is 4.79 Å². The molecule has 94 valence electrons. The minimum absolute atomic E-state index is 0.259. The van der Waals surface area contributed by atoms with Gasteiger partial charge in [-0.25, -0.2) is 9.78 Å². The Morgan fingerprint density at radius 1 is 1.47 bits per heavy atom. The van der Waals surface area contributed by atoms with Gasteiger partial charge >= 0.3 is 5.97 Å². The number of nitrogens with zero attached hydrogens (tertiary/aromatic N) is 1. The SMILES string of the molecule is CCC(CC)Nc1nc(C(=O)OC)ccc1N. The highest BCUT2D eigenvalue weighted by molar-refractivity contribution is 5.88. The lowest BCUT2D eigenvalue weighted by Gasteiger charge is -2.17. The van der Waals surface area contributed by atoms with Gasteiger partial charge in [0.15, 0.2) is 5.69 Å². The standard InChI is InChI=1S/C12H19N3O2/c1-4-8(5-2)14-11-9(13)6-7-10(15-11)12(16)17-3/h6-8H,4-5,13H2,1-3H3,(H,14,15). The summed E-state index contributed by atoms with van der Waals surface area (Å²) in [7, 11) is 1.33.